The van der Waals surface area contributed by atoms with Gasteiger partial charge < -0.3 is 10.1 Å². The molecule has 0 aliphatic heterocycles. The lowest BCUT2D eigenvalue weighted by Crippen LogP contribution is -2.84. The summed E-state index contributed by atoms with van der Waals surface area (Å²) in [4.78, 5) is 0. The summed E-state index contributed by atoms with van der Waals surface area (Å²) in [6.45, 7) is 13.2. The third-order valence-electron chi connectivity index (χ3n) is 3.02. The van der Waals surface area contributed by atoms with Crippen molar-refractivity contribution in [2.75, 3.05) is 19.7 Å². The van der Waals surface area contributed by atoms with E-state index in [-0.39, 0.29) is 0 Å². The minimum atomic E-state index is 0.576. The van der Waals surface area contributed by atoms with Crippen molar-refractivity contribution >= 4 is 0 Å². The molecule has 2 N–H and O–H groups in total. The zero-order valence-corrected chi connectivity index (χ0v) is 11.9. The van der Waals surface area contributed by atoms with Gasteiger partial charge in [0.15, 0.2) is 0 Å². The highest BCUT2D eigenvalue weighted by Gasteiger charge is 2.04. The van der Waals surface area contributed by atoms with Crippen molar-refractivity contribution in [3.05, 3.63) is 42.0 Å². The molecule has 0 heterocycles. The van der Waals surface area contributed by atoms with Crippen molar-refractivity contribution in [1.82, 2.24) is 0 Å². The Kier molecular flexibility index (Phi) is 6.51. The van der Waals surface area contributed by atoms with E-state index in [2.05, 4.69) is 50.9 Å². The summed E-state index contributed by atoms with van der Waals surface area (Å²) in [6, 6.07) is 6.40. The summed E-state index contributed by atoms with van der Waals surface area (Å²) in [5, 5.41) is 2.24. The normalized spacial score (nSPS) is 10.7. The first-order chi connectivity index (χ1) is 8.65. The molecule has 1 aromatic rings. The molecule has 0 atom stereocenters. The average molecular weight is 248 g/mol. The molecule has 0 saturated carbocycles. The number of ether oxygens (including phenoxy) is 1. The van der Waals surface area contributed by atoms with Crippen molar-refractivity contribution in [3.63, 3.8) is 0 Å². The van der Waals surface area contributed by atoms with Crippen molar-refractivity contribution in [2.24, 2.45) is 0 Å². The summed E-state index contributed by atoms with van der Waals surface area (Å²) in [5.74, 6) is 1.56. The Hall–Kier alpha value is -1.28. The second kappa shape index (κ2) is 7.93. The van der Waals surface area contributed by atoms with Gasteiger partial charge in [0, 0.05) is 6.42 Å². The molecular formula is C16H26NO+. The summed E-state index contributed by atoms with van der Waals surface area (Å²) in [6.07, 6.45) is 2.99. The van der Waals surface area contributed by atoms with Crippen LogP contribution in [0, 0.1) is 6.92 Å². The van der Waals surface area contributed by atoms with Crippen LogP contribution in [-0.4, -0.2) is 19.7 Å². The molecule has 1 aromatic carbocycles. The lowest BCUT2D eigenvalue weighted by molar-refractivity contribution is -0.646. The molecule has 0 fully saturated rings. The Morgan fingerprint density at radius 3 is 2.78 bits per heavy atom. The molecule has 0 amide bonds. The highest BCUT2D eigenvalue weighted by molar-refractivity contribution is 5.36. The SMILES string of the molecule is C=CC[NH2+]CCCOc1ccc(C(C)C)c(C)c1. The molecule has 1 rings (SSSR count). The van der Waals surface area contributed by atoms with Crippen LogP contribution in [0.5, 0.6) is 5.75 Å². The zero-order valence-electron chi connectivity index (χ0n) is 11.9. The van der Waals surface area contributed by atoms with Gasteiger partial charge in [-0.1, -0.05) is 26.5 Å². The molecule has 0 bridgehead atoms. The van der Waals surface area contributed by atoms with E-state index in [1.165, 1.54) is 11.1 Å². The van der Waals surface area contributed by atoms with Gasteiger partial charge in [-0.05, 0) is 42.2 Å². The molecule has 0 aromatic heterocycles. The Morgan fingerprint density at radius 1 is 1.39 bits per heavy atom. The van der Waals surface area contributed by atoms with E-state index in [4.69, 9.17) is 4.74 Å². The molecular weight excluding hydrogens is 222 g/mol. The van der Waals surface area contributed by atoms with Gasteiger partial charge in [0.1, 0.15) is 5.75 Å². The monoisotopic (exact) mass is 248 g/mol. The van der Waals surface area contributed by atoms with Crippen LogP contribution >= 0.6 is 0 Å². The fraction of sp³-hybridized carbons (Fsp3) is 0.500. The number of nitrogens with two attached hydrogens (primary N) is 1. The second-order valence-electron chi connectivity index (χ2n) is 4.98. The number of hydrogen-bond acceptors (Lipinski definition) is 1. The number of hydrogen-bond donors (Lipinski definition) is 1. The van der Waals surface area contributed by atoms with Crippen LogP contribution in [-0.2, 0) is 0 Å². The standard InChI is InChI=1S/C16H25NO/c1-5-9-17-10-6-11-18-15-7-8-16(13(2)3)14(4)12-15/h5,7-8,12-13,17H,1,6,9-11H2,2-4H3/p+1. The summed E-state index contributed by atoms with van der Waals surface area (Å²) in [7, 11) is 0. The molecule has 0 unspecified atom stereocenters. The van der Waals surface area contributed by atoms with E-state index in [0.29, 0.717) is 5.92 Å². The quantitative estimate of drug-likeness (QED) is 0.555. The van der Waals surface area contributed by atoms with Crippen LogP contribution in [0.25, 0.3) is 0 Å². The van der Waals surface area contributed by atoms with Crippen LogP contribution in [0.15, 0.2) is 30.9 Å². The lowest BCUT2D eigenvalue weighted by Gasteiger charge is -2.12. The van der Waals surface area contributed by atoms with E-state index >= 15 is 0 Å². The lowest BCUT2D eigenvalue weighted by atomic mass is 9.98. The Morgan fingerprint density at radius 2 is 2.17 bits per heavy atom. The molecule has 0 radical (unpaired) electrons. The largest absolute Gasteiger partial charge is 0.493 e. The molecule has 0 aliphatic rings. The second-order valence-corrected chi connectivity index (χ2v) is 4.98. The van der Waals surface area contributed by atoms with Crippen LogP contribution in [0.2, 0.25) is 0 Å². The van der Waals surface area contributed by atoms with Gasteiger partial charge in [0.25, 0.3) is 0 Å². The van der Waals surface area contributed by atoms with Crippen LogP contribution < -0.4 is 10.1 Å². The van der Waals surface area contributed by atoms with Crippen LogP contribution in [0.4, 0.5) is 0 Å². The van der Waals surface area contributed by atoms with Gasteiger partial charge in [-0.15, -0.1) is 0 Å². The van der Waals surface area contributed by atoms with Gasteiger partial charge in [-0.2, -0.15) is 0 Å². The summed E-state index contributed by atoms with van der Waals surface area (Å²) < 4.78 is 5.76. The van der Waals surface area contributed by atoms with E-state index in [1.807, 2.05) is 6.08 Å². The Labute approximate surface area is 111 Å². The van der Waals surface area contributed by atoms with Gasteiger partial charge in [0.2, 0.25) is 0 Å². The van der Waals surface area contributed by atoms with Gasteiger partial charge in [-0.3, -0.25) is 0 Å². The maximum Gasteiger partial charge on any atom is 0.119 e. The number of quaternary nitrogens is 1. The summed E-state index contributed by atoms with van der Waals surface area (Å²) >= 11 is 0. The molecule has 0 saturated heterocycles. The fourth-order valence-corrected chi connectivity index (χ4v) is 2.04. The van der Waals surface area contributed by atoms with Crippen molar-refractivity contribution in [1.29, 1.82) is 0 Å². The van der Waals surface area contributed by atoms with Gasteiger partial charge in [0.05, 0.1) is 19.7 Å². The predicted octanol–water partition coefficient (Wildman–Crippen LogP) is 2.64. The van der Waals surface area contributed by atoms with Crippen LogP contribution in [0.3, 0.4) is 0 Å². The van der Waals surface area contributed by atoms with Crippen molar-refractivity contribution < 1.29 is 10.1 Å². The molecule has 2 heteroatoms. The minimum Gasteiger partial charge on any atom is -0.493 e. The number of aryl methyl sites for hydroxylation is 1. The van der Waals surface area contributed by atoms with E-state index < -0.39 is 0 Å². The maximum atomic E-state index is 5.76. The van der Waals surface area contributed by atoms with E-state index in [1.54, 1.807) is 0 Å². The molecule has 0 aliphatic carbocycles. The van der Waals surface area contributed by atoms with Crippen molar-refractivity contribution in [3.8, 4) is 5.75 Å². The molecule has 2 nitrogen and oxygen atoms in total. The van der Waals surface area contributed by atoms with Gasteiger partial charge in [-0.25, -0.2) is 0 Å². The zero-order chi connectivity index (χ0) is 13.4. The number of benzene rings is 1. The average Bonchev–Trinajstić information content (AvgIpc) is 2.33. The van der Waals surface area contributed by atoms with Crippen molar-refractivity contribution in [2.45, 2.75) is 33.1 Å². The first-order valence-corrected chi connectivity index (χ1v) is 6.81. The first kappa shape index (κ1) is 14.8. The highest BCUT2D eigenvalue weighted by atomic mass is 16.5. The highest BCUT2D eigenvalue weighted by Crippen LogP contribution is 2.23. The summed E-state index contributed by atoms with van der Waals surface area (Å²) in [5.41, 5.74) is 2.72. The Bertz CT molecular complexity index is 371. The van der Waals surface area contributed by atoms with Crippen LogP contribution in [0.1, 0.15) is 37.3 Å². The van der Waals surface area contributed by atoms with E-state index in [9.17, 15) is 0 Å². The molecule has 18 heavy (non-hydrogen) atoms. The third kappa shape index (κ3) is 4.92. The fourth-order valence-electron chi connectivity index (χ4n) is 2.04. The topological polar surface area (TPSA) is 25.8 Å². The number of rotatable bonds is 8. The third-order valence-corrected chi connectivity index (χ3v) is 3.02. The first-order valence-electron chi connectivity index (χ1n) is 6.81. The smallest absolute Gasteiger partial charge is 0.119 e. The molecule has 0 spiro atoms. The van der Waals surface area contributed by atoms with E-state index in [0.717, 1.165) is 31.9 Å². The Balaban J connectivity index is 2.35. The molecule has 100 valence electrons. The van der Waals surface area contributed by atoms with Gasteiger partial charge >= 0.3 is 0 Å². The predicted molar refractivity (Wildman–Crippen MR) is 77.2 cm³/mol. The maximum absolute atomic E-state index is 5.76. The minimum absolute atomic E-state index is 0.576.